The van der Waals surface area contributed by atoms with Crippen molar-refractivity contribution in [3.8, 4) is 0 Å². The van der Waals surface area contributed by atoms with Crippen molar-refractivity contribution >= 4 is 37.0 Å². The average molecular weight is 456 g/mol. The number of fused-ring (bicyclic) bond motifs is 1. The molecule has 0 N–H and O–H groups in total. The van der Waals surface area contributed by atoms with Crippen LogP contribution in [0, 0.1) is 0 Å². The molecule has 0 aliphatic rings. The molecule has 0 amide bonds. The molecule has 0 heterocycles. The maximum atomic E-state index is 13.2. The van der Waals surface area contributed by atoms with Crippen LogP contribution in [-0.2, 0) is 18.8 Å². The molecule has 0 aromatic heterocycles. The van der Waals surface area contributed by atoms with Crippen LogP contribution in [0.3, 0.4) is 0 Å². The van der Waals surface area contributed by atoms with Crippen molar-refractivity contribution < 1.29 is 18.8 Å². The fraction of sp³-hybridized carbons (Fsp3) is 0.320. The van der Waals surface area contributed by atoms with Gasteiger partial charge in [-0.2, -0.15) is 0 Å². The molecule has 3 atom stereocenters. The second-order valence-electron chi connectivity index (χ2n) is 7.15. The first kappa shape index (κ1) is 23.5. The summed E-state index contributed by atoms with van der Waals surface area (Å²) in [4.78, 5) is 14.3. The lowest BCUT2D eigenvalue weighted by Gasteiger charge is -2.35. The first-order valence-electron chi connectivity index (χ1n) is 10.5. The average Bonchev–Trinajstić information content (AvgIpc) is 2.80. The van der Waals surface area contributed by atoms with Crippen LogP contribution in [0.5, 0.6) is 0 Å². The van der Waals surface area contributed by atoms with Gasteiger partial charge < -0.3 is 9.47 Å². The van der Waals surface area contributed by atoms with Crippen LogP contribution in [0.25, 0.3) is 10.8 Å². The first-order chi connectivity index (χ1) is 15.1. The molecule has 162 valence electrons. The second kappa shape index (κ2) is 11.4. The van der Waals surface area contributed by atoms with E-state index in [9.17, 15) is 9.36 Å². The molecule has 0 fully saturated rings. The van der Waals surface area contributed by atoms with Crippen molar-refractivity contribution in [3.05, 3.63) is 78.4 Å². The summed E-state index contributed by atoms with van der Waals surface area (Å²) in [6, 6.07) is 24.4. The smallest absolute Gasteiger partial charge is 0.343 e. The zero-order valence-corrected chi connectivity index (χ0v) is 19.7. The number of esters is 1. The predicted molar refractivity (Wildman–Crippen MR) is 129 cm³/mol. The summed E-state index contributed by atoms with van der Waals surface area (Å²) in [6.45, 7) is 4.19. The monoisotopic (exact) mass is 455 g/mol. The third-order valence-corrected chi connectivity index (χ3v) is 7.02. The van der Waals surface area contributed by atoms with Crippen LogP contribution in [0.4, 0.5) is 0 Å². The maximum Gasteiger partial charge on any atom is 0.343 e. The number of rotatable bonds is 11. The van der Waals surface area contributed by atoms with Crippen molar-refractivity contribution in [2.75, 3.05) is 25.1 Å². The zero-order chi connectivity index (χ0) is 22.1. The molecular weight excluding hydrogens is 427 g/mol. The molecule has 3 aromatic rings. The predicted octanol–water partition coefficient (Wildman–Crippen LogP) is 6.08. The maximum absolute atomic E-state index is 13.2. The molecule has 0 bridgehead atoms. The Morgan fingerprint density at radius 3 is 2.35 bits per heavy atom. The van der Waals surface area contributed by atoms with Gasteiger partial charge >= 0.3 is 14.4 Å². The fourth-order valence-corrected chi connectivity index (χ4v) is 5.69. The molecule has 0 aliphatic heterocycles. The number of thioether (sulfide) groups is 1. The van der Waals surface area contributed by atoms with E-state index in [2.05, 4.69) is 30.3 Å². The number of ether oxygens (including phenoxy) is 2. The number of benzene rings is 3. The zero-order valence-electron chi connectivity index (χ0n) is 17.9. The van der Waals surface area contributed by atoms with E-state index in [1.54, 1.807) is 18.7 Å². The minimum atomic E-state index is -1.30. The van der Waals surface area contributed by atoms with E-state index in [0.29, 0.717) is 12.4 Å². The molecule has 6 heteroatoms. The van der Waals surface area contributed by atoms with Gasteiger partial charge in [0.05, 0.1) is 6.61 Å². The van der Waals surface area contributed by atoms with E-state index in [1.165, 1.54) is 10.8 Å². The molecule has 3 rings (SSSR count). The van der Waals surface area contributed by atoms with Crippen molar-refractivity contribution in [2.24, 2.45) is 0 Å². The molecule has 0 saturated carbocycles. The quantitative estimate of drug-likeness (QED) is 0.199. The second-order valence-corrected chi connectivity index (χ2v) is 8.88. The van der Waals surface area contributed by atoms with Gasteiger partial charge in [0, 0.05) is 23.2 Å². The Labute approximate surface area is 189 Å². The van der Waals surface area contributed by atoms with Crippen molar-refractivity contribution in [2.45, 2.75) is 30.3 Å². The van der Waals surface area contributed by atoms with E-state index >= 15 is 0 Å². The third kappa shape index (κ3) is 5.54. The minimum Gasteiger partial charge on any atom is -0.464 e. The molecule has 0 saturated heterocycles. The van der Waals surface area contributed by atoms with E-state index in [-0.39, 0.29) is 18.7 Å². The van der Waals surface area contributed by atoms with Gasteiger partial charge in [0.1, 0.15) is 0 Å². The molecule has 3 aromatic carbocycles. The fourth-order valence-electron chi connectivity index (χ4n) is 3.79. The minimum absolute atomic E-state index is 0.0948. The molecular formula is C25H28O4PS+. The van der Waals surface area contributed by atoms with E-state index in [0.717, 1.165) is 10.5 Å². The highest BCUT2D eigenvalue weighted by molar-refractivity contribution is 7.99. The van der Waals surface area contributed by atoms with Gasteiger partial charge in [-0.15, -0.1) is 11.8 Å². The summed E-state index contributed by atoms with van der Waals surface area (Å²) in [5.41, 5.74) is -0.327. The van der Waals surface area contributed by atoms with Gasteiger partial charge in [0.2, 0.25) is 5.60 Å². The number of carbonyl (C=O) groups is 1. The number of hydrogen-bond donors (Lipinski definition) is 0. The lowest BCUT2D eigenvalue weighted by Crippen LogP contribution is -2.51. The highest BCUT2D eigenvalue weighted by atomic mass is 32.2. The molecule has 0 spiro atoms. The molecule has 0 radical (unpaired) electrons. The van der Waals surface area contributed by atoms with Gasteiger partial charge in [0.15, 0.2) is 6.16 Å². The Morgan fingerprint density at radius 2 is 1.68 bits per heavy atom. The Kier molecular flexibility index (Phi) is 8.65. The Hall–Kier alpha value is -2.20. The standard InChI is InChI=1S/C25H27O4PS/c1-3-28-24(26)25(18-30-27,29-4-2)23(20-11-6-5-7-12-20)17-31-22-15-14-19-10-8-9-13-21(19)16-22/h5-16,23H,3-4,17-18H2,1-2H3/p+1. The van der Waals surface area contributed by atoms with Crippen molar-refractivity contribution in [1.29, 1.82) is 0 Å². The van der Waals surface area contributed by atoms with Crippen LogP contribution in [0.15, 0.2) is 77.7 Å². The summed E-state index contributed by atoms with van der Waals surface area (Å²) in [7, 11) is -0.673. The molecule has 31 heavy (non-hydrogen) atoms. The summed E-state index contributed by atoms with van der Waals surface area (Å²) in [6.07, 6.45) is 0.0948. The van der Waals surface area contributed by atoms with E-state index in [4.69, 9.17) is 9.47 Å². The van der Waals surface area contributed by atoms with Gasteiger partial charge in [-0.3, -0.25) is 0 Å². The summed E-state index contributed by atoms with van der Waals surface area (Å²) in [5, 5.41) is 2.36. The topological polar surface area (TPSA) is 52.6 Å². The van der Waals surface area contributed by atoms with Gasteiger partial charge in [-0.05, 0) is 42.3 Å². The highest BCUT2D eigenvalue weighted by Crippen LogP contribution is 2.40. The lowest BCUT2D eigenvalue weighted by atomic mass is 9.84. The number of carbonyl (C=O) groups excluding carboxylic acids is 1. The Morgan fingerprint density at radius 1 is 0.968 bits per heavy atom. The Balaban J connectivity index is 1.98. The van der Waals surface area contributed by atoms with Crippen LogP contribution in [0.2, 0.25) is 0 Å². The summed E-state index contributed by atoms with van der Waals surface area (Å²) >= 11 is 1.67. The van der Waals surface area contributed by atoms with Crippen molar-refractivity contribution in [3.63, 3.8) is 0 Å². The molecule has 3 unspecified atom stereocenters. The third-order valence-electron chi connectivity index (χ3n) is 5.26. The van der Waals surface area contributed by atoms with Crippen LogP contribution in [-0.4, -0.2) is 36.7 Å². The van der Waals surface area contributed by atoms with E-state index in [1.807, 2.05) is 49.4 Å². The molecule has 4 nitrogen and oxygen atoms in total. The highest BCUT2D eigenvalue weighted by Gasteiger charge is 2.51. The SMILES string of the molecule is CCOC(=O)C(C[PH+]=O)(OCC)C(CSc1ccc2ccccc2c1)c1ccccc1. The van der Waals surface area contributed by atoms with Crippen LogP contribution in [0.1, 0.15) is 25.3 Å². The first-order valence-corrected chi connectivity index (χ1v) is 12.6. The van der Waals surface area contributed by atoms with Gasteiger partial charge in [-0.1, -0.05) is 65.2 Å². The summed E-state index contributed by atoms with van der Waals surface area (Å²) in [5.74, 6) is -0.176. The van der Waals surface area contributed by atoms with Crippen molar-refractivity contribution in [1.82, 2.24) is 0 Å². The number of hydrogen-bond acceptors (Lipinski definition) is 5. The normalized spacial score (nSPS) is 14.3. The lowest BCUT2D eigenvalue weighted by molar-refractivity contribution is -0.171. The largest absolute Gasteiger partial charge is 0.464 e. The molecule has 0 aliphatic carbocycles. The van der Waals surface area contributed by atoms with Crippen LogP contribution >= 0.6 is 20.2 Å². The van der Waals surface area contributed by atoms with Gasteiger partial charge in [0.25, 0.3) is 0 Å². The summed E-state index contributed by atoms with van der Waals surface area (Å²) < 4.78 is 23.3. The van der Waals surface area contributed by atoms with Gasteiger partial charge in [-0.25, -0.2) is 4.79 Å². The Bertz CT molecular complexity index is 1010. The van der Waals surface area contributed by atoms with E-state index < -0.39 is 20.0 Å². The van der Waals surface area contributed by atoms with Crippen LogP contribution < -0.4 is 0 Å².